The second-order valence-corrected chi connectivity index (χ2v) is 7.87. The number of ether oxygens (including phenoxy) is 1. The zero-order chi connectivity index (χ0) is 22.0. The standard InChI is InChI=1S/C26H28N2O3/c1-4-28(5-2)25(29)20-12-10-19(11-13-20)24-21-9-7-6-8-18(21)14-15-22(24)31-23-16-17-27(3)26(23)30/h6-15,23H,4-5,16-17H2,1-3H3. The van der Waals surface area contributed by atoms with Crippen molar-refractivity contribution in [3.63, 3.8) is 0 Å². The van der Waals surface area contributed by atoms with Crippen LogP contribution in [-0.4, -0.2) is 54.4 Å². The van der Waals surface area contributed by atoms with Crippen molar-refractivity contribution in [1.29, 1.82) is 0 Å². The van der Waals surface area contributed by atoms with Gasteiger partial charge in [0.2, 0.25) is 0 Å². The monoisotopic (exact) mass is 416 g/mol. The van der Waals surface area contributed by atoms with Gasteiger partial charge in [0.1, 0.15) is 5.75 Å². The molecular weight excluding hydrogens is 388 g/mol. The van der Waals surface area contributed by atoms with E-state index in [4.69, 9.17) is 4.74 Å². The maximum atomic E-state index is 12.7. The molecule has 0 aliphatic carbocycles. The van der Waals surface area contributed by atoms with Gasteiger partial charge in [-0.2, -0.15) is 0 Å². The number of carbonyl (C=O) groups is 2. The third-order valence-electron chi connectivity index (χ3n) is 6.01. The zero-order valence-corrected chi connectivity index (χ0v) is 18.3. The molecule has 31 heavy (non-hydrogen) atoms. The quantitative estimate of drug-likeness (QED) is 0.590. The Hall–Kier alpha value is -3.34. The van der Waals surface area contributed by atoms with Gasteiger partial charge in [-0.3, -0.25) is 9.59 Å². The van der Waals surface area contributed by atoms with Gasteiger partial charge >= 0.3 is 0 Å². The molecule has 1 atom stereocenters. The van der Waals surface area contributed by atoms with Crippen LogP contribution in [0.4, 0.5) is 0 Å². The van der Waals surface area contributed by atoms with Crippen LogP contribution >= 0.6 is 0 Å². The Morgan fingerprint density at radius 1 is 1.03 bits per heavy atom. The molecule has 1 aliphatic rings. The first kappa shape index (κ1) is 20.9. The molecule has 0 radical (unpaired) electrons. The van der Waals surface area contributed by atoms with Crippen molar-refractivity contribution in [3.8, 4) is 16.9 Å². The normalized spacial score (nSPS) is 16.0. The number of fused-ring (bicyclic) bond motifs is 1. The molecule has 4 rings (SSSR count). The lowest BCUT2D eigenvalue weighted by Crippen LogP contribution is -2.30. The topological polar surface area (TPSA) is 49.9 Å². The van der Waals surface area contributed by atoms with E-state index in [-0.39, 0.29) is 11.8 Å². The smallest absolute Gasteiger partial charge is 0.263 e. The van der Waals surface area contributed by atoms with Crippen LogP contribution in [0, 0.1) is 0 Å². The minimum atomic E-state index is -0.464. The number of likely N-dealkylation sites (tertiary alicyclic amines) is 1. The molecule has 5 nitrogen and oxygen atoms in total. The number of hydrogen-bond donors (Lipinski definition) is 0. The van der Waals surface area contributed by atoms with Crippen molar-refractivity contribution < 1.29 is 14.3 Å². The molecule has 3 aromatic carbocycles. The number of amides is 2. The summed E-state index contributed by atoms with van der Waals surface area (Å²) in [4.78, 5) is 28.6. The van der Waals surface area contributed by atoms with Crippen molar-refractivity contribution >= 4 is 22.6 Å². The summed E-state index contributed by atoms with van der Waals surface area (Å²) in [6.07, 6.45) is 0.215. The predicted molar refractivity (Wildman–Crippen MR) is 123 cm³/mol. The summed E-state index contributed by atoms with van der Waals surface area (Å²) in [5.41, 5.74) is 2.58. The lowest BCUT2D eigenvalue weighted by molar-refractivity contribution is -0.132. The lowest BCUT2D eigenvalue weighted by Gasteiger charge is -2.20. The molecule has 0 bridgehead atoms. The van der Waals surface area contributed by atoms with Crippen LogP contribution in [0.1, 0.15) is 30.6 Å². The molecule has 0 spiro atoms. The number of carbonyl (C=O) groups excluding carboxylic acids is 2. The molecule has 0 saturated carbocycles. The van der Waals surface area contributed by atoms with Crippen molar-refractivity contribution in [2.24, 2.45) is 0 Å². The van der Waals surface area contributed by atoms with E-state index >= 15 is 0 Å². The van der Waals surface area contributed by atoms with Gasteiger partial charge < -0.3 is 14.5 Å². The van der Waals surface area contributed by atoms with Gasteiger partial charge in [0.05, 0.1) is 0 Å². The van der Waals surface area contributed by atoms with Crippen molar-refractivity contribution in [3.05, 3.63) is 66.2 Å². The molecule has 1 heterocycles. The maximum absolute atomic E-state index is 12.7. The van der Waals surface area contributed by atoms with Gasteiger partial charge in [-0.25, -0.2) is 0 Å². The van der Waals surface area contributed by atoms with E-state index in [1.54, 1.807) is 11.9 Å². The highest BCUT2D eigenvalue weighted by Gasteiger charge is 2.31. The number of likely N-dealkylation sites (N-methyl/N-ethyl adjacent to an activating group) is 1. The van der Waals surface area contributed by atoms with E-state index in [0.29, 0.717) is 37.4 Å². The summed E-state index contributed by atoms with van der Waals surface area (Å²) in [6.45, 7) is 6.04. The maximum Gasteiger partial charge on any atom is 0.263 e. The molecule has 1 saturated heterocycles. The molecule has 1 unspecified atom stereocenters. The first-order chi connectivity index (χ1) is 15.0. The van der Waals surface area contributed by atoms with E-state index < -0.39 is 6.10 Å². The van der Waals surface area contributed by atoms with Gasteiger partial charge in [-0.15, -0.1) is 0 Å². The second-order valence-electron chi connectivity index (χ2n) is 7.87. The summed E-state index contributed by atoms with van der Waals surface area (Å²) in [5, 5.41) is 2.16. The minimum Gasteiger partial charge on any atom is -0.480 e. The molecule has 160 valence electrons. The highest BCUT2D eigenvalue weighted by atomic mass is 16.5. The average Bonchev–Trinajstić information content (AvgIpc) is 3.12. The van der Waals surface area contributed by atoms with E-state index in [1.165, 1.54) is 0 Å². The molecule has 0 N–H and O–H groups in total. The average molecular weight is 417 g/mol. The van der Waals surface area contributed by atoms with Crippen molar-refractivity contribution in [2.45, 2.75) is 26.4 Å². The molecule has 1 aliphatic heterocycles. The molecule has 0 aromatic heterocycles. The van der Waals surface area contributed by atoms with Crippen LogP contribution in [0.15, 0.2) is 60.7 Å². The largest absolute Gasteiger partial charge is 0.480 e. The first-order valence-electron chi connectivity index (χ1n) is 10.9. The molecule has 2 amide bonds. The van der Waals surface area contributed by atoms with Crippen LogP contribution in [-0.2, 0) is 4.79 Å². The lowest BCUT2D eigenvalue weighted by atomic mass is 9.96. The zero-order valence-electron chi connectivity index (χ0n) is 18.3. The third-order valence-corrected chi connectivity index (χ3v) is 6.01. The second kappa shape index (κ2) is 8.80. The fraction of sp³-hybridized carbons (Fsp3) is 0.308. The van der Waals surface area contributed by atoms with E-state index in [9.17, 15) is 9.59 Å². The summed E-state index contributed by atoms with van der Waals surface area (Å²) in [5.74, 6) is 0.736. The summed E-state index contributed by atoms with van der Waals surface area (Å²) >= 11 is 0. The van der Waals surface area contributed by atoms with Gasteiger partial charge in [-0.05, 0) is 48.4 Å². The van der Waals surface area contributed by atoms with Crippen molar-refractivity contribution in [2.75, 3.05) is 26.7 Å². The fourth-order valence-corrected chi connectivity index (χ4v) is 4.17. The summed E-state index contributed by atoms with van der Waals surface area (Å²) in [7, 11) is 1.80. The number of nitrogens with zero attached hydrogens (tertiary/aromatic N) is 2. The van der Waals surface area contributed by atoms with Gasteiger partial charge in [-0.1, -0.05) is 42.5 Å². The highest BCUT2D eigenvalue weighted by molar-refractivity contribution is 6.01. The first-order valence-corrected chi connectivity index (χ1v) is 10.9. The Morgan fingerprint density at radius 2 is 1.74 bits per heavy atom. The molecular formula is C26H28N2O3. The van der Waals surface area contributed by atoms with Crippen molar-refractivity contribution in [1.82, 2.24) is 9.80 Å². The van der Waals surface area contributed by atoms with Gasteiger partial charge in [0.25, 0.3) is 11.8 Å². The van der Waals surface area contributed by atoms with Crippen LogP contribution < -0.4 is 4.74 Å². The third kappa shape index (κ3) is 4.00. The summed E-state index contributed by atoms with van der Waals surface area (Å²) < 4.78 is 6.24. The Kier molecular flexibility index (Phi) is 5.94. The SMILES string of the molecule is CCN(CC)C(=O)c1ccc(-c2c(OC3CCN(C)C3=O)ccc3ccccc23)cc1. The Labute approximate surface area is 183 Å². The number of hydrogen-bond acceptors (Lipinski definition) is 3. The Morgan fingerprint density at radius 3 is 2.39 bits per heavy atom. The molecule has 1 fully saturated rings. The molecule has 5 heteroatoms. The van der Waals surface area contributed by atoms with Gasteiger partial charge in [0, 0.05) is 44.2 Å². The van der Waals surface area contributed by atoms with Crippen LogP contribution in [0.3, 0.4) is 0 Å². The molecule has 3 aromatic rings. The van der Waals surface area contributed by atoms with E-state index in [2.05, 4.69) is 12.1 Å². The van der Waals surface area contributed by atoms with Crippen LogP contribution in [0.5, 0.6) is 5.75 Å². The number of benzene rings is 3. The Bertz CT molecular complexity index is 1100. The summed E-state index contributed by atoms with van der Waals surface area (Å²) in [6, 6.07) is 19.8. The Balaban J connectivity index is 1.75. The van der Waals surface area contributed by atoms with Crippen LogP contribution in [0.2, 0.25) is 0 Å². The van der Waals surface area contributed by atoms with Crippen LogP contribution in [0.25, 0.3) is 21.9 Å². The fourth-order valence-electron chi connectivity index (χ4n) is 4.17. The highest BCUT2D eigenvalue weighted by Crippen LogP contribution is 2.38. The minimum absolute atomic E-state index is 0.0132. The van der Waals surface area contributed by atoms with E-state index in [1.807, 2.05) is 67.3 Å². The van der Waals surface area contributed by atoms with E-state index in [0.717, 1.165) is 21.9 Å². The predicted octanol–water partition coefficient (Wildman–Crippen LogP) is 4.60. The van der Waals surface area contributed by atoms with Gasteiger partial charge in [0.15, 0.2) is 6.10 Å². The number of rotatable bonds is 6.